The lowest BCUT2D eigenvalue weighted by Crippen LogP contribution is -2.51. The molecule has 0 aromatic rings. The highest BCUT2D eigenvalue weighted by Crippen LogP contribution is 2.20. The second kappa shape index (κ2) is 4.84. The van der Waals surface area contributed by atoms with Gasteiger partial charge in [-0.2, -0.15) is 0 Å². The van der Waals surface area contributed by atoms with E-state index in [-0.39, 0.29) is 6.54 Å². The molecule has 0 unspecified atom stereocenters. The van der Waals surface area contributed by atoms with Gasteiger partial charge in [-0.1, -0.05) is 11.8 Å². The smallest absolute Gasteiger partial charge is 0.408 e. The first-order valence-electron chi connectivity index (χ1n) is 4.37. The summed E-state index contributed by atoms with van der Waals surface area (Å²) in [6, 6.07) is 0. The number of amides is 1. The second-order valence-electron chi connectivity index (χ2n) is 3.24. The van der Waals surface area contributed by atoms with Crippen LogP contribution in [0.15, 0.2) is 0 Å². The predicted octanol–water partition coefficient (Wildman–Crippen LogP) is -0.536. The van der Waals surface area contributed by atoms with Crippen LogP contribution in [0.25, 0.3) is 0 Å². The fraction of sp³-hybridized carbons (Fsp3) is 0.667. The van der Waals surface area contributed by atoms with Crippen molar-refractivity contribution in [1.29, 1.82) is 0 Å². The lowest BCUT2D eigenvalue weighted by Gasteiger charge is -2.36. The number of nitrogens with two attached hydrogens (primary N) is 1. The van der Waals surface area contributed by atoms with E-state index < -0.39 is 11.7 Å². The van der Waals surface area contributed by atoms with Crippen LogP contribution < -0.4 is 11.1 Å². The van der Waals surface area contributed by atoms with Gasteiger partial charge in [-0.05, 0) is 6.92 Å². The van der Waals surface area contributed by atoms with Gasteiger partial charge in [0.15, 0.2) is 5.60 Å². The lowest BCUT2D eigenvalue weighted by atomic mass is 10.1. The highest BCUT2D eigenvalue weighted by atomic mass is 16.6. The molecule has 1 saturated heterocycles. The van der Waals surface area contributed by atoms with Crippen LogP contribution in [0.4, 0.5) is 4.79 Å². The van der Waals surface area contributed by atoms with Crippen LogP contribution in [-0.2, 0) is 9.47 Å². The summed E-state index contributed by atoms with van der Waals surface area (Å²) in [5.74, 6) is 5.30. The van der Waals surface area contributed by atoms with Gasteiger partial charge in [-0.15, -0.1) is 0 Å². The first-order chi connectivity index (χ1) is 6.66. The van der Waals surface area contributed by atoms with E-state index in [4.69, 9.17) is 15.2 Å². The molecule has 1 amide bonds. The van der Waals surface area contributed by atoms with Crippen molar-refractivity contribution in [3.05, 3.63) is 0 Å². The zero-order chi connectivity index (χ0) is 10.4. The SMILES string of the molecule is CC1(OC(=O)NCC#CCN)COC1. The van der Waals surface area contributed by atoms with E-state index in [2.05, 4.69) is 17.2 Å². The summed E-state index contributed by atoms with van der Waals surface area (Å²) in [7, 11) is 0. The van der Waals surface area contributed by atoms with Crippen molar-refractivity contribution in [2.24, 2.45) is 5.73 Å². The van der Waals surface area contributed by atoms with Gasteiger partial charge in [0.1, 0.15) is 0 Å². The Morgan fingerprint density at radius 1 is 1.64 bits per heavy atom. The number of carbonyl (C=O) groups is 1. The van der Waals surface area contributed by atoms with E-state index in [1.807, 2.05) is 6.92 Å². The molecule has 1 fully saturated rings. The molecule has 1 rings (SSSR count). The Labute approximate surface area is 82.9 Å². The van der Waals surface area contributed by atoms with Gasteiger partial charge in [-0.25, -0.2) is 4.79 Å². The van der Waals surface area contributed by atoms with Crippen LogP contribution in [0, 0.1) is 11.8 Å². The van der Waals surface area contributed by atoms with Crippen molar-refractivity contribution < 1.29 is 14.3 Å². The zero-order valence-corrected chi connectivity index (χ0v) is 8.13. The van der Waals surface area contributed by atoms with Gasteiger partial charge in [0.05, 0.1) is 26.3 Å². The van der Waals surface area contributed by atoms with Crippen molar-refractivity contribution >= 4 is 6.09 Å². The Kier molecular flexibility index (Phi) is 3.74. The molecule has 1 aliphatic heterocycles. The number of hydrogen-bond donors (Lipinski definition) is 2. The first-order valence-corrected chi connectivity index (χ1v) is 4.37. The Morgan fingerprint density at radius 2 is 2.36 bits per heavy atom. The summed E-state index contributed by atoms with van der Waals surface area (Å²) in [6.07, 6.45) is -0.470. The van der Waals surface area contributed by atoms with Crippen LogP contribution in [0.1, 0.15) is 6.92 Å². The van der Waals surface area contributed by atoms with E-state index in [1.54, 1.807) is 0 Å². The molecule has 78 valence electrons. The second-order valence-corrected chi connectivity index (χ2v) is 3.24. The highest BCUT2D eigenvalue weighted by molar-refractivity contribution is 5.68. The fourth-order valence-electron chi connectivity index (χ4n) is 0.959. The summed E-state index contributed by atoms with van der Waals surface area (Å²) in [4.78, 5) is 11.1. The van der Waals surface area contributed by atoms with E-state index in [9.17, 15) is 4.79 Å². The van der Waals surface area contributed by atoms with E-state index in [0.717, 1.165) is 0 Å². The minimum atomic E-state index is -0.470. The maximum Gasteiger partial charge on any atom is 0.408 e. The van der Waals surface area contributed by atoms with Crippen LogP contribution in [0.2, 0.25) is 0 Å². The number of hydrogen-bond acceptors (Lipinski definition) is 4. The first kappa shape index (κ1) is 10.8. The molecule has 0 atom stereocenters. The van der Waals surface area contributed by atoms with Crippen molar-refractivity contribution in [2.45, 2.75) is 12.5 Å². The average Bonchev–Trinajstić information content (AvgIpc) is 2.10. The normalized spacial score (nSPS) is 17.3. The molecule has 0 saturated carbocycles. The third kappa shape index (κ3) is 3.24. The summed E-state index contributed by atoms with van der Waals surface area (Å²) >= 11 is 0. The van der Waals surface area contributed by atoms with Crippen molar-refractivity contribution in [1.82, 2.24) is 5.32 Å². The summed E-state index contributed by atoms with van der Waals surface area (Å²) in [5.41, 5.74) is 4.68. The molecule has 14 heavy (non-hydrogen) atoms. The summed E-state index contributed by atoms with van der Waals surface area (Å²) < 4.78 is 10.0. The monoisotopic (exact) mass is 198 g/mol. The molecule has 0 aromatic carbocycles. The van der Waals surface area contributed by atoms with Gasteiger partial charge < -0.3 is 20.5 Å². The third-order valence-corrected chi connectivity index (χ3v) is 1.70. The van der Waals surface area contributed by atoms with Gasteiger partial charge in [-0.3, -0.25) is 0 Å². The van der Waals surface area contributed by atoms with Crippen molar-refractivity contribution in [2.75, 3.05) is 26.3 Å². The molecule has 5 nitrogen and oxygen atoms in total. The fourth-order valence-corrected chi connectivity index (χ4v) is 0.959. The van der Waals surface area contributed by atoms with Crippen LogP contribution >= 0.6 is 0 Å². The number of rotatable bonds is 2. The molecule has 0 aromatic heterocycles. The molecule has 0 radical (unpaired) electrons. The molecule has 3 N–H and O–H groups in total. The van der Waals surface area contributed by atoms with Crippen molar-refractivity contribution in [3.63, 3.8) is 0 Å². The highest BCUT2D eigenvalue weighted by Gasteiger charge is 2.37. The zero-order valence-electron chi connectivity index (χ0n) is 8.13. The lowest BCUT2D eigenvalue weighted by molar-refractivity contribution is -0.166. The largest absolute Gasteiger partial charge is 0.438 e. The molecule has 1 heterocycles. The molecule has 1 aliphatic rings. The van der Waals surface area contributed by atoms with Crippen LogP contribution in [-0.4, -0.2) is 38.0 Å². The topological polar surface area (TPSA) is 73.6 Å². The number of ether oxygens (including phenoxy) is 2. The van der Waals surface area contributed by atoms with Crippen LogP contribution in [0.3, 0.4) is 0 Å². The quantitative estimate of drug-likeness (QED) is 0.585. The maximum absolute atomic E-state index is 11.1. The minimum Gasteiger partial charge on any atom is -0.438 e. The van der Waals surface area contributed by atoms with Gasteiger partial charge in [0.2, 0.25) is 0 Å². The molecule has 5 heteroatoms. The molecule has 0 spiro atoms. The van der Waals surface area contributed by atoms with E-state index >= 15 is 0 Å². The Morgan fingerprint density at radius 3 is 2.86 bits per heavy atom. The molecule has 0 aliphatic carbocycles. The number of carbonyl (C=O) groups excluding carboxylic acids is 1. The predicted molar refractivity (Wildman–Crippen MR) is 50.5 cm³/mol. The Balaban J connectivity index is 2.16. The molecule has 0 bridgehead atoms. The van der Waals surface area contributed by atoms with Gasteiger partial charge in [0, 0.05) is 0 Å². The standard InChI is InChI=1S/C9H14N2O3/c1-9(6-13-7-9)14-8(12)11-5-3-2-4-10/h4-7,10H2,1H3,(H,11,12). The Hall–Kier alpha value is -1.25. The minimum absolute atomic E-state index is 0.257. The van der Waals surface area contributed by atoms with Gasteiger partial charge in [0.25, 0.3) is 0 Å². The van der Waals surface area contributed by atoms with Crippen molar-refractivity contribution in [3.8, 4) is 11.8 Å². The van der Waals surface area contributed by atoms with E-state index in [1.165, 1.54) is 0 Å². The molecular weight excluding hydrogens is 184 g/mol. The van der Waals surface area contributed by atoms with Gasteiger partial charge >= 0.3 is 6.09 Å². The van der Waals surface area contributed by atoms with E-state index in [0.29, 0.717) is 19.8 Å². The third-order valence-electron chi connectivity index (χ3n) is 1.70. The Bertz CT molecular complexity index is 263. The number of alkyl carbamates (subject to hydrolysis) is 1. The number of nitrogens with one attached hydrogen (secondary N) is 1. The maximum atomic E-state index is 11.1. The van der Waals surface area contributed by atoms with Crippen LogP contribution in [0.5, 0.6) is 0 Å². The molecular formula is C9H14N2O3. The average molecular weight is 198 g/mol. The summed E-state index contributed by atoms with van der Waals surface area (Å²) in [6.45, 7) is 3.28. The summed E-state index contributed by atoms with van der Waals surface area (Å²) in [5, 5.41) is 2.50.